The van der Waals surface area contributed by atoms with E-state index in [1.54, 1.807) is 0 Å². The summed E-state index contributed by atoms with van der Waals surface area (Å²) in [5, 5.41) is 3.50. The van der Waals surface area contributed by atoms with E-state index in [1.807, 2.05) is 0 Å². The highest BCUT2D eigenvalue weighted by Crippen LogP contribution is 2.49. The van der Waals surface area contributed by atoms with E-state index < -0.39 is 0 Å². The van der Waals surface area contributed by atoms with Crippen LogP contribution in [0.15, 0.2) is 66.3 Å². The maximum atomic E-state index is 3.50. The number of rotatable bonds is 3. The lowest BCUT2D eigenvalue weighted by Gasteiger charge is -2.22. The Bertz CT molecular complexity index is 761. The van der Waals surface area contributed by atoms with Crippen LogP contribution in [0, 0.1) is 6.92 Å². The lowest BCUT2D eigenvalue weighted by molar-refractivity contribution is 0.659. The predicted molar refractivity (Wildman–Crippen MR) is 101 cm³/mol. The molecule has 0 aliphatic heterocycles. The van der Waals surface area contributed by atoms with Crippen LogP contribution in [0.3, 0.4) is 0 Å². The van der Waals surface area contributed by atoms with Gasteiger partial charge in [0.05, 0.1) is 0 Å². The van der Waals surface area contributed by atoms with E-state index in [-0.39, 0.29) is 5.41 Å². The van der Waals surface area contributed by atoms with Crippen LogP contribution in [0.2, 0.25) is 0 Å². The van der Waals surface area contributed by atoms with E-state index >= 15 is 0 Å². The van der Waals surface area contributed by atoms with E-state index in [1.165, 1.54) is 33.5 Å². The number of anilines is 1. The Balaban J connectivity index is 1.85. The summed E-state index contributed by atoms with van der Waals surface area (Å²) in [6.45, 7) is 9.73. The zero-order valence-electron chi connectivity index (χ0n) is 14.5. The number of aryl methyl sites for hydroxylation is 1. The smallest absolute Gasteiger partial charge is 0.0342 e. The minimum atomic E-state index is 0.0629. The van der Waals surface area contributed by atoms with Crippen LogP contribution in [-0.2, 0) is 5.41 Å². The first-order valence-electron chi connectivity index (χ1n) is 8.32. The van der Waals surface area contributed by atoms with Crippen molar-refractivity contribution >= 4 is 11.3 Å². The molecule has 3 rings (SSSR count). The molecule has 0 heterocycles. The number of benzene rings is 2. The Labute approximate surface area is 139 Å². The fraction of sp³-hybridized carbons (Fsp3) is 0.273. The summed E-state index contributed by atoms with van der Waals surface area (Å²) in [6, 6.07) is 17.3. The summed E-state index contributed by atoms with van der Waals surface area (Å²) >= 11 is 0. The highest BCUT2D eigenvalue weighted by Gasteiger charge is 2.36. The van der Waals surface area contributed by atoms with Gasteiger partial charge in [-0.3, -0.25) is 0 Å². The lowest BCUT2D eigenvalue weighted by Crippen LogP contribution is -2.16. The normalized spacial score (nSPS) is 19.1. The van der Waals surface area contributed by atoms with Crippen molar-refractivity contribution in [3.8, 4) is 0 Å². The van der Waals surface area contributed by atoms with Gasteiger partial charge in [-0.1, -0.05) is 68.0 Å². The molecule has 1 N–H and O–H groups in total. The molecule has 0 atom stereocenters. The third-order valence-electron chi connectivity index (χ3n) is 4.81. The molecule has 2 aromatic rings. The lowest BCUT2D eigenvalue weighted by atomic mass is 9.82. The number of hydrogen-bond acceptors (Lipinski definition) is 1. The predicted octanol–water partition coefficient (Wildman–Crippen LogP) is 5.73. The van der Waals surface area contributed by atoms with Crippen molar-refractivity contribution in [1.82, 2.24) is 0 Å². The topological polar surface area (TPSA) is 12.0 Å². The zero-order valence-corrected chi connectivity index (χ0v) is 14.5. The van der Waals surface area contributed by atoms with Crippen LogP contribution in [0.5, 0.6) is 0 Å². The second kappa shape index (κ2) is 6.08. The first-order valence-corrected chi connectivity index (χ1v) is 8.32. The summed E-state index contributed by atoms with van der Waals surface area (Å²) < 4.78 is 0. The third-order valence-corrected chi connectivity index (χ3v) is 4.81. The molecule has 1 heteroatoms. The molecule has 0 aromatic heterocycles. The molecule has 23 heavy (non-hydrogen) atoms. The van der Waals surface area contributed by atoms with Gasteiger partial charge < -0.3 is 5.32 Å². The highest BCUT2D eigenvalue weighted by molar-refractivity contribution is 5.89. The van der Waals surface area contributed by atoms with Gasteiger partial charge >= 0.3 is 0 Å². The van der Waals surface area contributed by atoms with E-state index in [0.29, 0.717) is 0 Å². The van der Waals surface area contributed by atoms with Gasteiger partial charge in [-0.25, -0.2) is 0 Å². The number of allylic oxidation sites excluding steroid dienone is 3. The molecule has 0 saturated heterocycles. The average molecular weight is 303 g/mol. The Morgan fingerprint density at radius 2 is 1.70 bits per heavy atom. The molecule has 0 saturated carbocycles. The number of nitrogens with one attached hydrogen (secondary N) is 1. The fourth-order valence-electron chi connectivity index (χ4n) is 3.51. The largest absolute Gasteiger partial charge is 0.382 e. The SMILES string of the molecule is C/C=C1\C(=C/CNc2ccc(C)cc2)C(C)(C)c2ccccc21. The average Bonchev–Trinajstić information content (AvgIpc) is 2.77. The first-order chi connectivity index (χ1) is 11.0. The van der Waals surface area contributed by atoms with Crippen molar-refractivity contribution in [1.29, 1.82) is 0 Å². The quantitative estimate of drug-likeness (QED) is 0.763. The van der Waals surface area contributed by atoms with Gasteiger partial charge in [0.2, 0.25) is 0 Å². The number of hydrogen-bond donors (Lipinski definition) is 1. The van der Waals surface area contributed by atoms with Crippen LogP contribution >= 0.6 is 0 Å². The third kappa shape index (κ3) is 2.84. The van der Waals surface area contributed by atoms with E-state index in [4.69, 9.17) is 0 Å². The van der Waals surface area contributed by atoms with Crippen molar-refractivity contribution in [2.24, 2.45) is 0 Å². The van der Waals surface area contributed by atoms with Crippen molar-refractivity contribution in [3.63, 3.8) is 0 Å². The Morgan fingerprint density at radius 3 is 2.39 bits per heavy atom. The van der Waals surface area contributed by atoms with Gasteiger partial charge in [-0.2, -0.15) is 0 Å². The standard InChI is InChI=1S/C22H25N/c1-5-18-19-8-6-7-9-20(19)22(3,4)21(18)14-15-23-17-12-10-16(2)11-13-17/h5-14,23H,15H2,1-4H3/b18-5-,21-14+. The van der Waals surface area contributed by atoms with Crippen molar-refractivity contribution < 1.29 is 0 Å². The van der Waals surface area contributed by atoms with Gasteiger partial charge in [0.25, 0.3) is 0 Å². The van der Waals surface area contributed by atoms with Crippen molar-refractivity contribution in [2.75, 3.05) is 11.9 Å². The second-order valence-electron chi connectivity index (χ2n) is 6.74. The summed E-state index contributed by atoms with van der Waals surface area (Å²) in [5.41, 5.74) is 8.11. The molecule has 0 unspecified atom stereocenters. The monoisotopic (exact) mass is 303 g/mol. The zero-order chi connectivity index (χ0) is 16.4. The first kappa shape index (κ1) is 15.6. The molecule has 0 fully saturated rings. The Kier molecular flexibility index (Phi) is 4.12. The molecule has 1 nitrogen and oxygen atoms in total. The summed E-state index contributed by atoms with van der Waals surface area (Å²) in [4.78, 5) is 0. The van der Waals surface area contributed by atoms with Crippen LogP contribution in [-0.4, -0.2) is 6.54 Å². The minimum absolute atomic E-state index is 0.0629. The molecule has 0 radical (unpaired) electrons. The maximum absolute atomic E-state index is 3.50. The molecule has 118 valence electrons. The van der Waals surface area contributed by atoms with Gasteiger partial charge in [0.1, 0.15) is 0 Å². The van der Waals surface area contributed by atoms with Crippen LogP contribution in [0.4, 0.5) is 5.69 Å². The van der Waals surface area contributed by atoms with Gasteiger partial charge in [-0.15, -0.1) is 0 Å². The molecule has 2 aromatic carbocycles. The number of fused-ring (bicyclic) bond motifs is 1. The van der Waals surface area contributed by atoms with E-state index in [9.17, 15) is 0 Å². The summed E-state index contributed by atoms with van der Waals surface area (Å²) in [5.74, 6) is 0. The van der Waals surface area contributed by atoms with Gasteiger partial charge in [0, 0.05) is 17.6 Å². The van der Waals surface area contributed by atoms with Crippen LogP contribution < -0.4 is 5.32 Å². The maximum Gasteiger partial charge on any atom is 0.0342 e. The van der Waals surface area contributed by atoms with Crippen LogP contribution in [0.25, 0.3) is 5.57 Å². The fourth-order valence-corrected chi connectivity index (χ4v) is 3.51. The van der Waals surface area contributed by atoms with Crippen molar-refractivity contribution in [3.05, 3.63) is 82.9 Å². The van der Waals surface area contributed by atoms with Gasteiger partial charge in [-0.05, 0) is 48.3 Å². The molecule has 0 bridgehead atoms. The molecule has 1 aliphatic carbocycles. The highest BCUT2D eigenvalue weighted by atomic mass is 14.9. The second-order valence-corrected chi connectivity index (χ2v) is 6.74. The Morgan fingerprint density at radius 1 is 1.00 bits per heavy atom. The molecule has 1 aliphatic rings. The summed E-state index contributed by atoms with van der Waals surface area (Å²) in [7, 11) is 0. The van der Waals surface area contributed by atoms with E-state index in [2.05, 4.69) is 93.7 Å². The molecular weight excluding hydrogens is 278 g/mol. The molecule has 0 amide bonds. The van der Waals surface area contributed by atoms with E-state index in [0.717, 1.165) is 6.54 Å². The van der Waals surface area contributed by atoms with Crippen LogP contribution in [0.1, 0.15) is 37.5 Å². The summed E-state index contributed by atoms with van der Waals surface area (Å²) in [6.07, 6.45) is 4.58. The minimum Gasteiger partial charge on any atom is -0.382 e. The van der Waals surface area contributed by atoms with Crippen molar-refractivity contribution in [2.45, 2.75) is 33.1 Å². The molecule has 0 spiro atoms. The van der Waals surface area contributed by atoms with Gasteiger partial charge in [0.15, 0.2) is 0 Å². The Hall–Kier alpha value is -2.28. The molecular formula is C22H25N.